The fourth-order valence-electron chi connectivity index (χ4n) is 2.43. The number of nitrogens with zero attached hydrogens (tertiary/aromatic N) is 4. The van der Waals surface area contributed by atoms with E-state index in [9.17, 15) is 4.79 Å². The summed E-state index contributed by atoms with van der Waals surface area (Å²) in [7, 11) is 0. The highest BCUT2D eigenvalue weighted by atomic mass is 32.1. The normalized spacial score (nSPS) is 11.7. The SMILES string of the molecule is Cc1n[nH]c(=S)n(/N=C\c2cc(C)n(C(C)C)c2C)c1=O. The molecule has 0 bridgehead atoms. The third kappa shape index (κ3) is 2.87. The van der Waals surface area contributed by atoms with Gasteiger partial charge in [0.1, 0.15) is 5.69 Å². The average Bonchev–Trinajstić information content (AvgIpc) is 2.69. The predicted octanol–water partition coefficient (Wildman–Crippen LogP) is 2.49. The van der Waals surface area contributed by atoms with Crippen molar-refractivity contribution in [3.63, 3.8) is 0 Å². The van der Waals surface area contributed by atoms with Crippen molar-refractivity contribution < 1.29 is 0 Å². The second-order valence-electron chi connectivity index (χ2n) is 5.27. The van der Waals surface area contributed by atoms with Gasteiger partial charge in [0.2, 0.25) is 4.77 Å². The monoisotopic (exact) mass is 305 g/mol. The van der Waals surface area contributed by atoms with Crippen molar-refractivity contribution in [2.24, 2.45) is 5.10 Å². The topological polar surface area (TPSA) is 68.0 Å². The fraction of sp³-hybridized carbons (Fsp3) is 0.429. The van der Waals surface area contributed by atoms with Crippen LogP contribution in [0, 0.1) is 25.5 Å². The zero-order valence-electron chi connectivity index (χ0n) is 12.8. The molecule has 0 aromatic carbocycles. The van der Waals surface area contributed by atoms with Gasteiger partial charge < -0.3 is 4.57 Å². The van der Waals surface area contributed by atoms with Gasteiger partial charge in [0, 0.05) is 23.0 Å². The van der Waals surface area contributed by atoms with Crippen LogP contribution >= 0.6 is 12.2 Å². The van der Waals surface area contributed by atoms with Crippen molar-refractivity contribution in [3.05, 3.63) is 43.8 Å². The molecular formula is C14H19N5OS. The lowest BCUT2D eigenvalue weighted by Gasteiger charge is -2.13. The van der Waals surface area contributed by atoms with Crippen molar-refractivity contribution in [2.75, 3.05) is 0 Å². The molecule has 0 saturated heterocycles. The Labute approximate surface area is 128 Å². The summed E-state index contributed by atoms with van der Waals surface area (Å²) in [6.45, 7) is 9.97. The van der Waals surface area contributed by atoms with E-state index >= 15 is 0 Å². The molecule has 2 rings (SSSR count). The maximum absolute atomic E-state index is 12.0. The van der Waals surface area contributed by atoms with E-state index in [0.29, 0.717) is 11.7 Å². The molecular weight excluding hydrogens is 286 g/mol. The van der Waals surface area contributed by atoms with E-state index in [4.69, 9.17) is 12.2 Å². The summed E-state index contributed by atoms with van der Waals surface area (Å²) < 4.78 is 3.56. The molecule has 0 radical (unpaired) electrons. The van der Waals surface area contributed by atoms with Crippen LogP contribution in [-0.2, 0) is 0 Å². The van der Waals surface area contributed by atoms with Gasteiger partial charge in [0.15, 0.2) is 0 Å². The van der Waals surface area contributed by atoms with Gasteiger partial charge in [-0.25, -0.2) is 0 Å². The molecule has 0 unspecified atom stereocenters. The second-order valence-corrected chi connectivity index (χ2v) is 5.65. The van der Waals surface area contributed by atoms with Crippen LogP contribution in [0.1, 0.15) is 42.5 Å². The molecule has 21 heavy (non-hydrogen) atoms. The van der Waals surface area contributed by atoms with Crippen LogP contribution in [0.4, 0.5) is 0 Å². The largest absolute Gasteiger partial charge is 0.346 e. The quantitative estimate of drug-likeness (QED) is 0.700. The molecule has 0 aliphatic carbocycles. The van der Waals surface area contributed by atoms with E-state index < -0.39 is 0 Å². The van der Waals surface area contributed by atoms with E-state index in [1.807, 2.05) is 13.0 Å². The number of hydrogen-bond donors (Lipinski definition) is 1. The van der Waals surface area contributed by atoms with E-state index in [1.54, 1.807) is 13.1 Å². The molecule has 112 valence electrons. The van der Waals surface area contributed by atoms with Gasteiger partial charge in [-0.3, -0.25) is 9.89 Å². The van der Waals surface area contributed by atoms with Crippen molar-refractivity contribution in [3.8, 4) is 0 Å². The molecule has 7 heteroatoms. The van der Waals surface area contributed by atoms with E-state index in [-0.39, 0.29) is 10.3 Å². The first-order valence-corrected chi connectivity index (χ1v) is 7.15. The number of nitrogens with one attached hydrogen (secondary N) is 1. The highest BCUT2D eigenvalue weighted by Crippen LogP contribution is 2.18. The first kappa shape index (κ1) is 15.4. The molecule has 6 nitrogen and oxygen atoms in total. The number of aromatic nitrogens is 4. The lowest BCUT2D eigenvalue weighted by Crippen LogP contribution is -2.22. The Hall–Kier alpha value is -2.02. The second kappa shape index (κ2) is 5.77. The number of H-pyrrole nitrogens is 1. The van der Waals surface area contributed by atoms with Crippen molar-refractivity contribution in [1.82, 2.24) is 19.4 Å². The molecule has 0 aliphatic rings. The molecule has 0 atom stereocenters. The van der Waals surface area contributed by atoms with Gasteiger partial charge >= 0.3 is 0 Å². The number of aryl methyl sites for hydroxylation is 2. The summed E-state index contributed by atoms with van der Waals surface area (Å²) in [5.41, 5.74) is 3.25. The zero-order chi connectivity index (χ0) is 15.7. The van der Waals surface area contributed by atoms with Gasteiger partial charge in [-0.2, -0.15) is 14.9 Å². The minimum absolute atomic E-state index is 0.180. The summed E-state index contributed by atoms with van der Waals surface area (Å²) in [4.78, 5) is 12.0. The molecule has 2 aromatic heterocycles. The molecule has 2 heterocycles. The van der Waals surface area contributed by atoms with Gasteiger partial charge in [-0.15, -0.1) is 0 Å². The lowest BCUT2D eigenvalue weighted by atomic mass is 10.2. The molecule has 1 N–H and O–H groups in total. The van der Waals surface area contributed by atoms with Crippen LogP contribution in [0.3, 0.4) is 0 Å². The molecule has 2 aromatic rings. The van der Waals surface area contributed by atoms with Crippen molar-refractivity contribution in [2.45, 2.75) is 40.7 Å². The molecule has 0 aliphatic heterocycles. The Kier molecular flexibility index (Phi) is 4.22. The standard InChI is InChI=1S/C14H19N5OS/c1-8(2)18-9(3)6-12(11(18)5)7-15-19-13(20)10(4)16-17-14(19)21/h6-8H,1-5H3,(H,17,21)/b15-7-. The maximum atomic E-state index is 12.0. The van der Waals surface area contributed by atoms with E-state index in [1.165, 1.54) is 0 Å². The molecule has 0 amide bonds. The molecule has 0 spiro atoms. The van der Waals surface area contributed by atoms with E-state index in [2.05, 4.69) is 40.6 Å². The first-order chi connectivity index (χ1) is 9.82. The van der Waals surface area contributed by atoms with Crippen LogP contribution in [0.2, 0.25) is 0 Å². The number of aromatic amines is 1. The van der Waals surface area contributed by atoms with Crippen LogP contribution in [-0.4, -0.2) is 25.7 Å². The Balaban J connectivity index is 2.49. The van der Waals surface area contributed by atoms with Gasteiger partial charge in [-0.1, -0.05) is 0 Å². The Bertz CT molecular complexity index is 810. The van der Waals surface area contributed by atoms with Crippen LogP contribution in [0.25, 0.3) is 0 Å². The third-order valence-electron chi connectivity index (χ3n) is 3.37. The first-order valence-electron chi connectivity index (χ1n) is 6.74. The Morgan fingerprint density at radius 1 is 1.38 bits per heavy atom. The predicted molar refractivity (Wildman–Crippen MR) is 85.7 cm³/mol. The third-order valence-corrected chi connectivity index (χ3v) is 3.63. The lowest BCUT2D eigenvalue weighted by molar-refractivity contribution is 0.574. The summed E-state index contributed by atoms with van der Waals surface area (Å²) in [5, 5.41) is 10.6. The van der Waals surface area contributed by atoms with Crippen molar-refractivity contribution in [1.29, 1.82) is 0 Å². The van der Waals surface area contributed by atoms with E-state index in [0.717, 1.165) is 21.6 Å². The van der Waals surface area contributed by atoms with Gasteiger partial charge in [0.05, 0.1) is 6.21 Å². The summed E-state index contributed by atoms with van der Waals surface area (Å²) in [6, 6.07) is 2.42. The molecule has 0 saturated carbocycles. The smallest absolute Gasteiger partial charge is 0.296 e. The maximum Gasteiger partial charge on any atom is 0.296 e. The highest BCUT2D eigenvalue weighted by Gasteiger charge is 2.10. The Morgan fingerprint density at radius 3 is 2.62 bits per heavy atom. The summed E-state index contributed by atoms with van der Waals surface area (Å²) in [6.07, 6.45) is 1.66. The minimum Gasteiger partial charge on any atom is -0.346 e. The van der Waals surface area contributed by atoms with Gasteiger partial charge in [-0.05, 0) is 52.9 Å². The fourth-order valence-corrected chi connectivity index (χ4v) is 2.60. The minimum atomic E-state index is -0.312. The zero-order valence-corrected chi connectivity index (χ0v) is 13.7. The Morgan fingerprint density at radius 2 is 2.05 bits per heavy atom. The number of hydrogen-bond acceptors (Lipinski definition) is 4. The summed E-state index contributed by atoms with van der Waals surface area (Å²) >= 11 is 5.05. The van der Waals surface area contributed by atoms with Crippen LogP contribution in [0.5, 0.6) is 0 Å². The van der Waals surface area contributed by atoms with Gasteiger partial charge in [0.25, 0.3) is 5.56 Å². The van der Waals surface area contributed by atoms with Crippen LogP contribution in [0.15, 0.2) is 16.0 Å². The highest BCUT2D eigenvalue weighted by molar-refractivity contribution is 7.71. The summed E-state index contributed by atoms with van der Waals surface area (Å²) in [5.74, 6) is 0. The molecule has 0 fully saturated rings. The average molecular weight is 305 g/mol. The van der Waals surface area contributed by atoms with Crippen molar-refractivity contribution >= 4 is 18.4 Å². The number of rotatable bonds is 3. The van der Waals surface area contributed by atoms with Crippen LogP contribution < -0.4 is 5.56 Å².